The molecule has 1 unspecified atom stereocenters. The third kappa shape index (κ3) is 2.55. The van der Waals surface area contributed by atoms with Gasteiger partial charge in [-0.1, -0.05) is 13.0 Å². The van der Waals surface area contributed by atoms with Crippen LogP contribution in [-0.2, 0) is 4.74 Å². The molecule has 0 bridgehead atoms. The zero-order valence-electron chi connectivity index (χ0n) is 9.80. The van der Waals surface area contributed by atoms with E-state index < -0.39 is 5.97 Å². The highest BCUT2D eigenvalue weighted by molar-refractivity contribution is 5.85. The van der Waals surface area contributed by atoms with Crippen molar-refractivity contribution in [2.24, 2.45) is 0 Å². The maximum absolute atomic E-state index is 10.9. The molecule has 0 aliphatic carbocycles. The highest BCUT2D eigenvalue weighted by atomic mass is 16.5. The molecule has 1 N–H and O–H groups in total. The predicted molar refractivity (Wildman–Crippen MR) is 63.4 cm³/mol. The van der Waals surface area contributed by atoms with Crippen molar-refractivity contribution in [1.29, 1.82) is 0 Å². The van der Waals surface area contributed by atoms with Crippen LogP contribution in [0.15, 0.2) is 18.2 Å². The molecule has 17 heavy (non-hydrogen) atoms. The van der Waals surface area contributed by atoms with E-state index in [9.17, 15) is 4.79 Å². The van der Waals surface area contributed by atoms with Gasteiger partial charge in [0.25, 0.3) is 0 Å². The maximum Gasteiger partial charge on any atom is 0.354 e. The Morgan fingerprint density at radius 1 is 1.65 bits per heavy atom. The van der Waals surface area contributed by atoms with Gasteiger partial charge in [0.15, 0.2) is 5.69 Å². The van der Waals surface area contributed by atoms with E-state index in [1.165, 1.54) is 6.07 Å². The van der Waals surface area contributed by atoms with Gasteiger partial charge >= 0.3 is 5.97 Å². The van der Waals surface area contributed by atoms with Crippen LogP contribution in [0.5, 0.6) is 0 Å². The Bertz CT molecular complexity index is 408. The number of nitrogens with zero attached hydrogens (tertiary/aromatic N) is 2. The first kappa shape index (κ1) is 11.9. The first-order valence-electron chi connectivity index (χ1n) is 5.77. The van der Waals surface area contributed by atoms with E-state index in [1.54, 1.807) is 6.07 Å². The minimum absolute atomic E-state index is 0.0869. The van der Waals surface area contributed by atoms with E-state index in [1.807, 2.05) is 6.07 Å². The van der Waals surface area contributed by atoms with Gasteiger partial charge < -0.3 is 14.7 Å². The maximum atomic E-state index is 10.9. The molecule has 5 nitrogen and oxygen atoms in total. The van der Waals surface area contributed by atoms with Gasteiger partial charge in [0.1, 0.15) is 5.82 Å². The molecule has 1 atom stereocenters. The van der Waals surface area contributed by atoms with Crippen LogP contribution in [0.25, 0.3) is 0 Å². The predicted octanol–water partition coefficient (Wildman–Crippen LogP) is 1.40. The number of aromatic carboxylic acids is 1. The van der Waals surface area contributed by atoms with Gasteiger partial charge in [0.05, 0.1) is 19.3 Å². The van der Waals surface area contributed by atoms with Crippen molar-refractivity contribution in [3.8, 4) is 0 Å². The average Bonchev–Trinajstić information content (AvgIpc) is 2.39. The number of morpholine rings is 1. The van der Waals surface area contributed by atoms with Crippen molar-refractivity contribution in [2.75, 3.05) is 24.7 Å². The Labute approximate surface area is 100 Å². The minimum atomic E-state index is -0.992. The van der Waals surface area contributed by atoms with Crippen LogP contribution < -0.4 is 4.90 Å². The molecular formula is C12H16N2O3. The lowest BCUT2D eigenvalue weighted by Gasteiger charge is -2.36. The molecule has 92 valence electrons. The summed E-state index contributed by atoms with van der Waals surface area (Å²) in [7, 11) is 0. The highest BCUT2D eigenvalue weighted by Gasteiger charge is 2.23. The summed E-state index contributed by atoms with van der Waals surface area (Å²) in [5, 5.41) is 8.93. The summed E-state index contributed by atoms with van der Waals surface area (Å²) in [5.41, 5.74) is 0.0869. The van der Waals surface area contributed by atoms with Crippen molar-refractivity contribution < 1.29 is 14.6 Å². The van der Waals surface area contributed by atoms with Gasteiger partial charge in [-0.05, 0) is 18.6 Å². The molecule has 0 saturated carbocycles. The lowest BCUT2D eigenvalue weighted by atomic mass is 10.1. The Morgan fingerprint density at radius 2 is 2.47 bits per heavy atom. The fourth-order valence-electron chi connectivity index (χ4n) is 2.00. The van der Waals surface area contributed by atoms with Crippen molar-refractivity contribution in [2.45, 2.75) is 19.4 Å². The number of carboxylic acids is 1. The third-order valence-electron chi connectivity index (χ3n) is 2.95. The van der Waals surface area contributed by atoms with E-state index >= 15 is 0 Å². The summed E-state index contributed by atoms with van der Waals surface area (Å²) in [4.78, 5) is 17.2. The second kappa shape index (κ2) is 5.14. The van der Waals surface area contributed by atoms with Crippen molar-refractivity contribution in [3.63, 3.8) is 0 Å². The molecule has 5 heteroatoms. The molecule has 2 rings (SSSR count). The van der Waals surface area contributed by atoms with E-state index in [2.05, 4.69) is 16.8 Å². The van der Waals surface area contributed by atoms with Crippen LogP contribution in [0.4, 0.5) is 5.82 Å². The number of anilines is 1. The zero-order valence-corrected chi connectivity index (χ0v) is 9.80. The first-order chi connectivity index (χ1) is 8.22. The molecule has 1 aromatic heterocycles. The van der Waals surface area contributed by atoms with Gasteiger partial charge in [0, 0.05) is 6.54 Å². The number of carboxylic acid groups (broad SMARTS) is 1. The Balaban J connectivity index is 2.25. The zero-order chi connectivity index (χ0) is 12.3. The van der Waals surface area contributed by atoms with Crippen molar-refractivity contribution in [1.82, 2.24) is 4.98 Å². The normalized spacial score (nSPS) is 20.3. The monoisotopic (exact) mass is 236 g/mol. The smallest absolute Gasteiger partial charge is 0.354 e. The number of carbonyl (C=O) groups is 1. The fraction of sp³-hybridized carbons (Fsp3) is 0.500. The summed E-state index contributed by atoms with van der Waals surface area (Å²) in [5.74, 6) is -0.270. The van der Waals surface area contributed by atoms with Crippen molar-refractivity contribution >= 4 is 11.8 Å². The Kier molecular flexibility index (Phi) is 3.58. The van der Waals surface area contributed by atoms with Crippen LogP contribution in [0, 0.1) is 0 Å². The van der Waals surface area contributed by atoms with Crippen LogP contribution in [0.1, 0.15) is 23.8 Å². The first-order valence-corrected chi connectivity index (χ1v) is 5.77. The molecule has 1 aliphatic heterocycles. The molecule has 1 aliphatic rings. The SMILES string of the molecule is CCC1COCCN1c1cccc(C(=O)O)n1. The largest absolute Gasteiger partial charge is 0.477 e. The van der Waals surface area contributed by atoms with Gasteiger partial charge in [0.2, 0.25) is 0 Å². The van der Waals surface area contributed by atoms with Crippen LogP contribution in [-0.4, -0.2) is 41.9 Å². The van der Waals surface area contributed by atoms with Crippen molar-refractivity contribution in [3.05, 3.63) is 23.9 Å². The lowest BCUT2D eigenvalue weighted by Crippen LogP contribution is -2.45. The van der Waals surface area contributed by atoms with E-state index in [-0.39, 0.29) is 11.7 Å². The molecule has 2 heterocycles. The third-order valence-corrected chi connectivity index (χ3v) is 2.95. The molecule has 0 spiro atoms. The Morgan fingerprint density at radius 3 is 3.18 bits per heavy atom. The van der Waals surface area contributed by atoms with E-state index in [4.69, 9.17) is 9.84 Å². The summed E-state index contributed by atoms with van der Waals surface area (Å²) >= 11 is 0. The topological polar surface area (TPSA) is 62.7 Å². The summed E-state index contributed by atoms with van der Waals surface area (Å²) in [6.07, 6.45) is 0.957. The number of pyridine rings is 1. The molecule has 1 fully saturated rings. The van der Waals surface area contributed by atoms with Crippen LogP contribution >= 0.6 is 0 Å². The summed E-state index contributed by atoms with van der Waals surface area (Å²) in [6.45, 7) is 4.19. The highest BCUT2D eigenvalue weighted by Crippen LogP contribution is 2.19. The lowest BCUT2D eigenvalue weighted by molar-refractivity contribution is 0.0690. The van der Waals surface area contributed by atoms with Gasteiger partial charge in [-0.3, -0.25) is 0 Å². The molecule has 1 aromatic rings. The van der Waals surface area contributed by atoms with E-state index in [0.717, 1.165) is 18.8 Å². The second-order valence-electron chi connectivity index (χ2n) is 4.02. The molecule has 0 amide bonds. The Hall–Kier alpha value is -1.62. The van der Waals surface area contributed by atoms with Crippen LogP contribution in [0.2, 0.25) is 0 Å². The minimum Gasteiger partial charge on any atom is -0.477 e. The van der Waals surface area contributed by atoms with Crippen LogP contribution in [0.3, 0.4) is 0 Å². The quantitative estimate of drug-likeness (QED) is 0.859. The molecular weight excluding hydrogens is 220 g/mol. The summed E-state index contributed by atoms with van der Waals surface area (Å²) < 4.78 is 5.42. The number of aromatic nitrogens is 1. The standard InChI is InChI=1S/C12H16N2O3/c1-2-9-8-17-7-6-14(9)11-5-3-4-10(13-11)12(15)16/h3-5,9H,2,6-8H2,1H3,(H,15,16). The number of rotatable bonds is 3. The van der Waals surface area contributed by atoms with Gasteiger partial charge in [-0.25, -0.2) is 9.78 Å². The molecule has 0 aromatic carbocycles. The number of hydrogen-bond donors (Lipinski definition) is 1. The van der Waals surface area contributed by atoms with Gasteiger partial charge in [-0.2, -0.15) is 0 Å². The fourth-order valence-corrected chi connectivity index (χ4v) is 2.00. The second-order valence-corrected chi connectivity index (χ2v) is 4.02. The summed E-state index contributed by atoms with van der Waals surface area (Å²) in [6, 6.07) is 5.36. The molecule has 1 saturated heterocycles. The number of ether oxygens (including phenoxy) is 1. The average molecular weight is 236 g/mol. The number of hydrogen-bond acceptors (Lipinski definition) is 4. The molecule has 0 radical (unpaired) electrons. The van der Waals surface area contributed by atoms with Gasteiger partial charge in [-0.15, -0.1) is 0 Å². The van der Waals surface area contributed by atoms with E-state index in [0.29, 0.717) is 13.2 Å².